The van der Waals surface area contributed by atoms with Crippen molar-refractivity contribution in [2.75, 3.05) is 32.2 Å². The standard InChI is InChI=1S/C21H24N4O3/c1-14-10-16(28-24-14)11-15-12-25(13-20(15)27-3)21-9-8-18(22-23-21)17-6-4-5-7-19(17)26-2/h4-10,15,20H,11-13H2,1-3H3/t15-,20+/m1/s1. The van der Waals surface area contributed by atoms with Gasteiger partial charge in [-0.05, 0) is 31.2 Å². The first-order valence-electron chi connectivity index (χ1n) is 9.35. The van der Waals surface area contributed by atoms with E-state index in [2.05, 4.69) is 20.3 Å². The largest absolute Gasteiger partial charge is 0.496 e. The van der Waals surface area contributed by atoms with Crippen LogP contribution in [0.15, 0.2) is 47.0 Å². The highest BCUT2D eigenvalue weighted by molar-refractivity contribution is 5.67. The van der Waals surface area contributed by atoms with Gasteiger partial charge >= 0.3 is 0 Å². The van der Waals surface area contributed by atoms with Crippen molar-refractivity contribution in [3.05, 3.63) is 53.9 Å². The molecule has 146 valence electrons. The minimum absolute atomic E-state index is 0.112. The number of anilines is 1. The second-order valence-corrected chi connectivity index (χ2v) is 7.06. The van der Waals surface area contributed by atoms with E-state index < -0.39 is 0 Å². The Morgan fingerprint density at radius 3 is 2.64 bits per heavy atom. The molecule has 2 atom stereocenters. The van der Waals surface area contributed by atoms with Crippen LogP contribution in [0.3, 0.4) is 0 Å². The van der Waals surface area contributed by atoms with Crippen molar-refractivity contribution >= 4 is 5.82 Å². The lowest BCUT2D eigenvalue weighted by Crippen LogP contribution is -2.23. The van der Waals surface area contributed by atoms with Gasteiger partial charge in [0, 0.05) is 44.2 Å². The molecule has 0 bridgehead atoms. The normalized spacial score (nSPS) is 19.2. The molecule has 0 saturated carbocycles. The summed E-state index contributed by atoms with van der Waals surface area (Å²) in [6.45, 7) is 3.54. The molecule has 0 amide bonds. The number of aryl methyl sites for hydroxylation is 1. The Kier molecular flexibility index (Phi) is 5.25. The smallest absolute Gasteiger partial charge is 0.151 e. The van der Waals surface area contributed by atoms with E-state index in [1.807, 2.05) is 49.4 Å². The highest BCUT2D eigenvalue weighted by Crippen LogP contribution is 2.30. The zero-order valence-electron chi connectivity index (χ0n) is 16.3. The van der Waals surface area contributed by atoms with Crippen LogP contribution in [0.2, 0.25) is 0 Å². The highest BCUT2D eigenvalue weighted by atomic mass is 16.5. The van der Waals surface area contributed by atoms with Crippen molar-refractivity contribution in [1.82, 2.24) is 15.4 Å². The fourth-order valence-corrected chi connectivity index (χ4v) is 3.76. The Balaban J connectivity index is 1.50. The van der Waals surface area contributed by atoms with Gasteiger partial charge in [-0.15, -0.1) is 10.2 Å². The van der Waals surface area contributed by atoms with Gasteiger partial charge in [0.15, 0.2) is 5.82 Å². The van der Waals surface area contributed by atoms with Gasteiger partial charge in [-0.1, -0.05) is 17.3 Å². The lowest BCUT2D eigenvalue weighted by molar-refractivity contribution is 0.0812. The summed E-state index contributed by atoms with van der Waals surface area (Å²) in [4.78, 5) is 2.21. The van der Waals surface area contributed by atoms with Crippen LogP contribution in [0.1, 0.15) is 11.5 Å². The van der Waals surface area contributed by atoms with E-state index in [0.717, 1.165) is 53.8 Å². The fourth-order valence-electron chi connectivity index (χ4n) is 3.76. The summed E-state index contributed by atoms with van der Waals surface area (Å²) in [5.74, 6) is 2.83. The number of rotatable bonds is 6. The molecular formula is C21H24N4O3. The van der Waals surface area contributed by atoms with Gasteiger partial charge in [0.2, 0.25) is 0 Å². The van der Waals surface area contributed by atoms with Gasteiger partial charge in [0.05, 0.1) is 24.6 Å². The van der Waals surface area contributed by atoms with Crippen molar-refractivity contribution in [1.29, 1.82) is 0 Å². The van der Waals surface area contributed by atoms with Gasteiger partial charge in [0.1, 0.15) is 11.5 Å². The molecule has 2 aromatic heterocycles. The minimum Gasteiger partial charge on any atom is -0.496 e. The van der Waals surface area contributed by atoms with Crippen LogP contribution >= 0.6 is 0 Å². The quantitative estimate of drug-likeness (QED) is 0.650. The van der Waals surface area contributed by atoms with E-state index in [4.69, 9.17) is 14.0 Å². The number of nitrogens with zero attached hydrogens (tertiary/aromatic N) is 4. The molecule has 3 aromatic rings. The molecule has 4 rings (SSSR count). The maximum atomic E-state index is 5.71. The average molecular weight is 380 g/mol. The topological polar surface area (TPSA) is 73.5 Å². The monoisotopic (exact) mass is 380 g/mol. The molecule has 1 saturated heterocycles. The van der Waals surface area contributed by atoms with E-state index in [1.165, 1.54) is 0 Å². The van der Waals surface area contributed by atoms with Gasteiger partial charge in [-0.3, -0.25) is 0 Å². The van der Waals surface area contributed by atoms with Crippen LogP contribution in [0.5, 0.6) is 5.75 Å². The summed E-state index contributed by atoms with van der Waals surface area (Å²) in [6, 6.07) is 13.8. The maximum absolute atomic E-state index is 5.71. The average Bonchev–Trinajstić information content (AvgIpc) is 3.34. The number of hydrogen-bond donors (Lipinski definition) is 0. The number of hydrogen-bond acceptors (Lipinski definition) is 7. The van der Waals surface area contributed by atoms with Crippen molar-refractivity contribution in [3.8, 4) is 17.0 Å². The van der Waals surface area contributed by atoms with Crippen LogP contribution in [-0.2, 0) is 11.2 Å². The molecule has 7 nitrogen and oxygen atoms in total. The number of ether oxygens (including phenoxy) is 2. The van der Waals surface area contributed by atoms with Gasteiger partial charge in [0.25, 0.3) is 0 Å². The Morgan fingerprint density at radius 2 is 1.96 bits per heavy atom. The molecule has 1 aliphatic rings. The number of benzene rings is 1. The molecule has 0 unspecified atom stereocenters. The zero-order valence-corrected chi connectivity index (χ0v) is 16.3. The van der Waals surface area contributed by atoms with Crippen LogP contribution in [-0.4, -0.2) is 48.8 Å². The number of para-hydroxylation sites is 1. The van der Waals surface area contributed by atoms with E-state index in [-0.39, 0.29) is 6.10 Å². The maximum Gasteiger partial charge on any atom is 0.151 e. The highest BCUT2D eigenvalue weighted by Gasteiger charge is 2.34. The van der Waals surface area contributed by atoms with Crippen LogP contribution in [0.25, 0.3) is 11.3 Å². The summed E-state index contributed by atoms with van der Waals surface area (Å²) in [7, 11) is 3.41. The third-order valence-electron chi connectivity index (χ3n) is 5.18. The summed E-state index contributed by atoms with van der Waals surface area (Å²) in [6.07, 6.45) is 0.906. The molecule has 1 aliphatic heterocycles. The van der Waals surface area contributed by atoms with Gasteiger partial charge < -0.3 is 18.9 Å². The van der Waals surface area contributed by atoms with Crippen molar-refractivity contribution < 1.29 is 14.0 Å². The fraction of sp³-hybridized carbons (Fsp3) is 0.381. The molecule has 28 heavy (non-hydrogen) atoms. The molecule has 1 aromatic carbocycles. The van der Waals surface area contributed by atoms with Crippen molar-refractivity contribution in [2.24, 2.45) is 5.92 Å². The van der Waals surface area contributed by atoms with Crippen molar-refractivity contribution in [2.45, 2.75) is 19.4 Å². The second kappa shape index (κ2) is 7.98. The Hall–Kier alpha value is -2.93. The first kappa shape index (κ1) is 18.4. The van der Waals surface area contributed by atoms with E-state index in [9.17, 15) is 0 Å². The Bertz CT molecular complexity index is 925. The molecule has 0 radical (unpaired) electrons. The first-order chi connectivity index (χ1) is 13.7. The van der Waals surface area contributed by atoms with Crippen molar-refractivity contribution in [3.63, 3.8) is 0 Å². The molecular weight excluding hydrogens is 356 g/mol. The van der Waals surface area contributed by atoms with Crippen LogP contribution in [0, 0.1) is 12.8 Å². The summed E-state index contributed by atoms with van der Waals surface area (Å²) >= 11 is 0. The minimum atomic E-state index is 0.112. The second-order valence-electron chi connectivity index (χ2n) is 7.06. The Labute approximate surface area is 164 Å². The number of methoxy groups -OCH3 is 2. The molecule has 0 N–H and O–H groups in total. The van der Waals surface area contributed by atoms with Gasteiger partial charge in [-0.2, -0.15) is 0 Å². The molecule has 1 fully saturated rings. The SMILES string of the molecule is COc1ccccc1-c1ccc(N2C[C@@H](Cc3cc(C)no3)[C@@H](OC)C2)nn1. The zero-order chi connectivity index (χ0) is 19.5. The predicted octanol–water partition coefficient (Wildman–Crippen LogP) is 3.14. The number of aromatic nitrogens is 3. The summed E-state index contributed by atoms with van der Waals surface area (Å²) in [5.41, 5.74) is 2.62. The van der Waals surface area contributed by atoms with Crippen LogP contribution in [0.4, 0.5) is 5.82 Å². The van der Waals surface area contributed by atoms with E-state index >= 15 is 0 Å². The van der Waals surface area contributed by atoms with E-state index in [0.29, 0.717) is 5.92 Å². The third-order valence-corrected chi connectivity index (χ3v) is 5.18. The van der Waals surface area contributed by atoms with Gasteiger partial charge in [-0.25, -0.2) is 0 Å². The van der Waals surface area contributed by atoms with E-state index in [1.54, 1.807) is 14.2 Å². The lowest BCUT2D eigenvalue weighted by atomic mass is 10.0. The molecule has 0 spiro atoms. The Morgan fingerprint density at radius 1 is 1.11 bits per heavy atom. The predicted molar refractivity (Wildman–Crippen MR) is 105 cm³/mol. The molecule has 7 heteroatoms. The molecule has 0 aliphatic carbocycles. The summed E-state index contributed by atoms with van der Waals surface area (Å²) < 4.78 is 16.5. The lowest BCUT2D eigenvalue weighted by Gasteiger charge is -2.16. The summed E-state index contributed by atoms with van der Waals surface area (Å²) in [5, 5.41) is 12.9. The van der Waals surface area contributed by atoms with Crippen LogP contribution < -0.4 is 9.64 Å². The first-order valence-corrected chi connectivity index (χ1v) is 9.35. The molecule has 3 heterocycles. The third kappa shape index (κ3) is 3.71.